The van der Waals surface area contributed by atoms with Gasteiger partial charge in [-0.1, -0.05) is 42.8 Å². The van der Waals surface area contributed by atoms with Gasteiger partial charge in [0.1, 0.15) is 0 Å². The second-order valence-electron chi connectivity index (χ2n) is 6.04. The van der Waals surface area contributed by atoms with E-state index in [1.54, 1.807) is 24.3 Å². The summed E-state index contributed by atoms with van der Waals surface area (Å²) in [5.41, 5.74) is 3.13. The number of carbonyl (C=O) groups excluding carboxylic acids is 3. The minimum atomic E-state index is -1.15. The predicted molar refractivity (Wildman–Crippen MR) is 99.7 cm³/mol. The van der Waals surface area contributed by atoms with Gasteiger partial charge in [0.15, 0.2) is 5.92 Å². The summed E-state index contributed by atoms with van der Waals surface area (Å²) in [6, 6.07) is 13.7. The molecule has 132 valence electrons. The molecule has 0 radical (unpaired) electrons. The fourth-order valence-corrected chi connectivity index (χ4v) is 2.75. The molecule has 6 nitrogen and oxygen atoms in total. The number of aryl methyl sites for hydroxylation is 2. The van der Waals surface area contributed by atoms with E-state index in [4.69, 9.17) is 0 Å². The zero-order valence-corrected chi connectivity index (χ0v) is 14.6. The highest BCUT2D eigenvalue weighted by molar-refractivity contribution is 6.32. The summed E-state index contributed by atoms with van der Waals surface area (Å²) in [7, 11) is 0. The fourth-order valence-electron chi connectivity index (χ4n) is 2.75. The Labute approximate surface area is 151 Å². The molecule has 6 heteroatoms. The molecule has 1 heterocycles. The Kier molecular flexibility index (Phi) is 4.93. The Morgan fingerprint density at radius 1 is 1.08 bits per heavy atom. The van der Waals surface area contributed by atoms with Crippen molar-refractivity contribution < 1.29 is 14.4 Å². The number of imide groups is 2. The van der Waals surface area contributed by atoms with Gasteiger partial charge in [-0.05, 0) is 37.1 Å². The first-order valence-electron chi connectivity index (χ1n) is 8.39. The van der Waals surface area contributed by atoms with Crippen molar-refractivity contribution in [2.75, 3.05) is 4.90 Å². The average Bonchev–Trinajstić information content (AvgIpc) is 2.63. The Morgan fingerprint density at radius 2 is 1.77 bits per heavy atom. The monoisotopic (exact) mass is 349 g/mol. The van der Waals surface area contributed by atoms with Crippen LogP contribution in [0.15, 0.2) is 53.5 Å². The number of aliphatic imine (C=N–C) groups is 1. The molecule has 0 unspecified atom stereocenters. The lowest BCUT2D eigenvalue weighted by molar-refractivity contribution is -0.131. The molecule has 4 amide bonds. The standard InChI is InChI=1S/C20H19N3O3/c1-3-14-6-4-5-7-17(14)21-12-16-18(24)22-20(26)23(19(16)25)15-10-8-13(2)9-11-15/h4-12,16H,3H2,1-2H3,(H,22,24,26)/t16-/m1/s1. The van der Waals surface area contributed by atoms with Gasteiger partial charge in [-0.2, -0.15) is 0 Å². The number of hydrogen-bond donors (Lipinski definition) is 1. The van der Waals surface area contributed by atoms with E-state index in [1.807, 2.05) is 38.1 Å². The van der Waals surface area contributed by atoms with E-state index >= 15 is 0 Å². The molecular formula is C20H19N3O3. The van der Waals surface area contributed by atoms with E-state index < -0.39 is 23.8 Å². The largest absolute Gasteiger partial charge is 0.335 e. The number of hydrogen-bond acceptors (Lipinski definition) is 4. The first-order valence-corrected chi connectivity index (χ1v) is 8.39. The number of anilines is 1. The van der Waals surface area contributed by atoms with E-state index in [-0.39, 0.29) is 0 Å². The quantitative estimate of drug-likeness (QED) is 0.680. The molecular weight excluding hydrogens is 330 g/mol. The number of para-hydroxylation sites is 1. The highest BCUT2D eigenvalue weighted by Crippen LogP contribution is 2.22. The van der Waals surface area contributed by atoms with Crippen molar-refractivity contribution in [1.29, 1.82) is 0 Å². The molecule has 2 aromatic carbocycles. The molecule has 3 rings (SSSR count). The third kappa shape index (κ3) is 3.39. The summed E-state index contributed by atoms with van der Waals surface area (Å²) >= 11 is 0. The second-order valence-corrected chi connectivity index (χ2v) is 6.04. The maximum absolute atomic E-state index is 12.8. The maximum Gasteiger partial charge on any atom is 0.335 e. The van der Waals surface area contributed by atoms with Crippen molar-refractivity contribution in [3.05, 3.63) is 59.7 Å². The lowest BCUT2D eigenvalue weighted by atomic mass is 10.1. The molecule has 0 saturated carbocycles. The second kappa shape index (κ2) is 7.31. The summed E-state index contributed by atoms with van der Waals surface area (Å²) in [6.45, 7) is 3.91. The lowest BCUT2D eigenvalue weighted by Gasteiger charge is -2.28. The summed E-state index contributed by atoms with van der Waals surface area (Å²) in [4.78, 5) is 42.4. The van der Waals surface area contributed by atoms with E-state index in [1.165, 1.54) is 6.21 Å². The Bertz CT molecular complexity index is 887. The first-order chi connectivity index (χ1) is 12.5. The Hall–Kier alpha value is -3.28. The molecule has 1 aliphatic heterocycles. The summed E-state index contributed by atoms with van der Waals surface area (Å²) in [5, 5.41) is 2.22. The van der Waals surface area contributed by atoms with Crippen molar-refractivity contribution in [3.63, 3.8) is 0 Å². The van der Waals surface area contributed by atoms with Crippen LogP contribution in [-0.2, 0) is 16.0 Å². The van der Waals surface area contributed by atoms with Gasteiger partial charge < -0.3 is 0 Å². The Balaban J connectivity index is 1.90. The molecule has 0 aliphatic carbocycles. The molecule has 1 fully saturated rings. The van der Waals surface area contributed by atoms with Crippen LogP contribution in [0.2, 0.25) is 0 Å². The molecule has 2 aromatic rings. The zero-order valence-electron chi connectivity index (χ0n) is 14.6. The van der Waals surface area contributed by atoms with Crippen LogP contribution < -0.4 is 10.2 Å². The normalized spacial score (nSPS) is 17.7. The average molecular weight is 349 g/mol. The number of carbonyl (C=O) groups is 3. The van der Waals surface area contributed by atoms with Crippen molar-refractivity contribution in [2.24, 2.45) is 10.9 Å². The number of rotatable bonds is 4. The van der Waals surface area contributed by atoms with Crippen molar-refractivity contribution in [2.45, 2.75) is 20.3 Å². The van der Waals surface area contributed by atoms with Crippen molar-refractivity contribution in [1.82, 2.24) is 5.32 Å². The summed E-state index contributed by atoms with van der Waals surface area (Å²) in [5.74, 6) is -2.43. The van der Waals surface area contributed by atoms with Crippen LogP contribution in [0.3, 0.4) is 0 Å². The van der Waals surface area contributed by atoms with Gasteiger partial charge in [0, 0.05) is 6.21 Å². The van der Waals surface area contributed by atoms with Gasteiger partial charge >= 0.3 is 6.03 Å². The number of barbiturate groups is 1. The summed E-state index contributed by atoms with van der Waals surface area (Å²) in [6.07, 6.45) is 2.09. The van der Waals surface area contributed by atoms with E-state index in [0.717, 1.165) is 22.4 Å². The zero-order chi connectivity index (χ0) is 18.7. The SMILES string of the molecule is CCc1ccccc1N=C[C@@H]1C(=O)NC(=O)N(c2ccc(C)cc2)C1=O. The summed E-state index contributed by atoms with van der Waals surface area (Å²) < 4.78 is 0. The first kappa shape index (κ1) is 17.5. The highest BCUT2D eigenvalue weighted by Gasteiger charge is 2.40. The Morgan fingerprint density at radius 3 is 2.46 bits per heavy atom. The fraction of sp³-hybridized carbons (Fsp3) is 0.200. The third-order valence-corrected chi connectivity index (χ3v) is 4.23. The number of nitrogens with zero attached hydrogens (tertiary/aromatic N) is 2. The van der Waals surface area contributed by atoms with Gasteiger partial charge in [0.05, 0.1) is 11.4 Å². The molecule has 0 spiro atoms. The number of nitrogens with one attached hydrogen (secondary N) is 1. The van der Waals surface area contributed by atoms with Crippen molar-refractivity contribution >= 4 is 35.4 Å². The van der Waals surface area contributed by atoms with E-state index in [0.29, 0.717) is 11.4 Å². The molecule has 1 atom stereocenters. The van der Waals surface area contributed by atoms with Crippen LogP contribution in [0.5, 0.6) is 0 Å². The van der Waals surface area contributed by atoms with Gasteiger partial charge in [-0.15, -0.1) is 0 Å². The van der Waals surface area contributed by atoms with Crippen LogP contribution in [0.1, 0.15) is 18.1 Å². The molecule has 0 bridgehead atoms. The van der Waals surface area contributed by atoms with Crippen LogP contribution >= 0.6 is 0 Å². The van der Waals surface area contributed by atoms with Crippen LogP contribution in [0.25, 0.3) is 0 Å². The van der Waals surface area contributed by atoms with Crippen LogP contribution in [0, 0.1) is 12.8 Å². The van der Waals surface area contributed by atoms with Crippen LogP contribution in [0.4, 0.5) is 16.2 Å². The topological polar surface area (TPSA) is 78.8 Å². The van der Waals surface area contributed by atoms with Gasteiger partial charge in [0.25, 0.3) is 5.91 Å². The predicted octanol–water partition coefficient (Wildman–Crippen LogP) is 3.16. The maximum atomic E-state index is 12.8. The minimum Gasteiger partial charge on any atom is -0.276 e. The third-order valence-electron chi connectivity index (χ3n) is 4.23. The van der Waals surface area contributed by atoms with Crippen LogP contribution in [-0.4, -0.2) is 24.1 Å². The minimum absolute atomic E-state index is 0.415. The number of amides is 4. The van der Waals surface area contributed by atoms with E-state index in [9.17, 15) is 14.4 Å². The van der Waals surface area contributed by atoms with Crippen molar-refractivity contribution in [3.8, 4) is 0 Å². The number of urea groups is 1. The molecule has 1 saturated heterocycles. The van der Waals surface area contributed by atoms with Gasteiger partial charge in [-0.25, -0.2) is 9.69 Å². The van der Waals surface area contributed by atoms with Gasteiger partial charge in [-0.3, -0.25) is 19.9 Å². The smallest absolute Gasteiger partial charge is 0.276 e. The molecule has 0 aromatic heterocycles. The molecule has 26 heavy (non-hydrogen) atoms. The van der Waals surface area contributed by atoms with E-state index in [2.05, 4.69) is 10.3 Å². The highest BCUT2D eigenvalue weighted by atomic mass is 16.2. The molecule has 1 N–H and O–H groups in total. The van der Waals surface area contributed by atoms with Gasteiger partial charge in [0.2, 0.25) is 5.91 Å². The number of benzene rings is 2. The lowest BCUT2D eigenvalue weighted by Crippen LogP contribution is -2.58. The molecule has 1 aliphatic rings.